The van der Waals surface area contributed by atoms with E-state index in [2.05, 4.69) is 10.6 Å². The smallest absolute Gasteiger partial charge is 0.292 e. The van der Waals surface area contributed by atoms with Crippen molar-refractivity contribution in [3.63, 3.8) is 0 Å². The highest BCUT2D eigenvalue weighted by molar-refractivity contribution is 5.91. The van der Waals surface area contributed by atoms with E-state index in [0.29, 0.717) is 0 Å². The molecule has 0 spiro atoms. The topological polar surface area (TPSA) is 84.3 Å². The molecule has 8 heteroatoms. The molecule has 0 aromatic heterocycles. The first-order chi connectivity index (χ1) is 11.0. The van der Waals surface area contributed by atoms with Crippen LogP contribution < -0.4 is 10.6 Å². The maximum absolute atomic E-state index is 13.4. The molecule has 0 bridgehead atoms. The molecule has 2 N–H and O–H groups in total. The Morgan fingerprint density at radius 3 is 2.39 bits per heavy atom. The number of nitrogens with zero attached hydrogens (tertiary/aromatic N) is 1. The van der Waals surface area contributed by atoms with Crippen molar-refractivity contribution in [2.24, 2.45) is 0 Å². The number of hydrogen-bond donors (Lipinski definition) is 2. The van der Waals surface area contributed by atoms with Crippen LogP contribution in [0, 0.1) is 21.7 Å². The minimum Gasteiger partial charge on any atom is -0.379 e. The van der Waals surface area contributed by atoms with E-state index >= 15 is 0 Å². The molecule has 0 heterocycles. The summed E-state index contributed by atoms with van der Waals surface area (Å²) in [6.45, 7) is 0.0761. The first-order valence-corrected chi connectivity index (χ1v) is 6.70. The van der Waals surface area contributed by atoms with Gasteiger partial charge in [-0.15, -0.1) is 0 Å². The molecule has 1 amide bonds. The van der Waals surface area contributed by atoms with Crippen LogP contribution in [0.5, 0.6) is 0 Å². The van der Waals surface area contributed by atoms with Crippen molar-refractivity contribution in [2.45, 2.75) is 6.42 Å². The average molecular weight is 321 g/mol. The van der Waals surface area contributed by atoms with Crippen LogP contribution in [0.3, 0.4) is 0 Å². The van der Waals surface area contributed by atoms with Gasteiger partial charge in [-0.25, -0.2) is 8.78 Å². The summed E-state index contributed by atoms with van der Waals surface area (Å²) in [7, 11) is 0. The Hall–Kier alpha value is -3.03. The number of nitro benzene ring substituents is 1. The van der Waals surface area contributed by atoms with Crippen LogP contribution in [-0.4, -0.2) is 17.4 Å². The maximum atomic E-state index is 13.4. The molecular formula is C15H13F2N3O3. The van der Waals surface area contributed by atoms with Gasteiger partial charge in [-0.1, -0.05) is 18.2 Å². The van der Waals surface area contributed by atoms with Crippen LogP contribution in [0.15, 0.2) is 42.5 Å². The summed E-state index contributed by atoms with van der Waals surface area (Å²) in [6, 6.07) is 9.23. The van der Waals surface area contributed by atoms with Crippen LogP contribution in [0.2, 0.25) is 0 Å². The molecule has 0 saturated carbocycles. The quantitative estimate of drug-likeness (QED) is 0.631. The van der Waals surface area contributed by atoms with Crippen molar-refractivity contribution in [2.75, 3.05) is 17.2 Å². The largest absolute Gasteiger partial charge is 0.379 e. The van der Waals surface area contributed by atoms with E-state index in [4.69, 9.17) is 0 Å². The van der Waals surface area contributed by atoms with E-state index < -0.39 is 28.2 Å². The van der Waals surface area contributed by atoms with Gasteiger partial charge in [0, 0.05) is 19.0 Å². The SMILES string of the molecule is O=C(CCNc1ccccc1[N+](=O)[O-])Nc1c(F)cccc1F. The molecule has 0 aliphatic rings. The molecule has 0 aliphatic heterocycles. The van der Waals surface area contributed by atoms with Gasteiger partial charge >= 0.3 is 0 Å². The lowest BCUT2D eigenvalue weighted by Gasteiger charge is -2.09. The van der Waals surface area contributed by atoms with Crippen molar-refractivity contribution in [1.82, 2.24) is 0 Å². The van der Waals surface area contributed by atoms with Crippen molar-refractivity contribution in [1.29, 1.82) is 0 Å². The lowest BCUT2D eigenvalue weighted by molar-refractivity contribution is -0.384. The Bertz CT molecular complexity index is 717. The Morgan fingerprint density at radius 2 is 1.74 bits per heavy atom. The first kappa shape index (κ1) is 16.3. The molecule has 120 valence electrons. The molecule has 6 nitrogen and oxygen atoms in total. The second-order valence-electron chi connectivity index (χ2n) is 4.60. The molecule has 0 fully saturated rings. The van der Waals surface area contributed by atoms with Crippen molar-refractivity contribution in [3.8, 4) is 0 Å². The van der Waals surface area contributed by atoms with Crippen LogP contribution in [-0.2, 0) is 4.79 Å². The fourth-order valence-electron chi connectivity index (χ4n) is 1.91. The van der Waals surface area contributed by atoms with E-state index in [1.807, 2.05) is 0 Å². The zero-order chi connectivity index (χ0) is 16.8. The Morgan fingerprint density at radius 1 is 1.09 bits per heavy atom. The van der Waals surface area contributed by atoms with E-state index in [0.717, 1.165) is 12.1 Å². The van der Waals surface area contributed by atoms with Gasteiger partial charge in [-0.2, -0.15) is 0 Å². The molecule has 0 radical (unpaired) electrons. The molecule has 0 saturated heterocycles. The number of halogens is 2. The monoisotopic (exact) mass is 321 g/mol. The lowest BCUT2D eigenvalue weighted by Crippen LogP contribution is -2.18. The van der Waals surface area contributed by atoms with Crippen LogP contribution in [0.4, 0.5) is 25.8 Å². The minimum absolute atomic E-state index is 0.0761. The highest BCUT2D eigenvalue weighted by atomic mass is 19.1. The Balaban J connectivity index is 1.92. The number of carbonyl (C=O) groups excluding carboxylic acids is 1. The summed E-state index contributed by atoms with van der Waals surface area (Å²) in [5.74, 6) is -2.35. The summed E-state index contributed by atoms with van der Waals surface area (Å²) in [6.07, 6.45) is -0.111. The summed E-state index contributed by atoms with van der Waals surface area (Å²) in [4.78, 5) is 22.0. The fraction of sp³-hybridized carbons (Fsp3) is 0.133. The number of para-hydroxylation sites is 3. The second-order valence-corrected chi connectivity index (χ2v) is 4.60. The molecule has 0 unspecified atom stereocenters. The lowest BCUT2D eigenvalue weighted by atomic mass is 10.2. The van der Waals surface area contributed by atoms with E-state index in [1.165, 1.54) is 24.3 Å². The number of rotatable bonds is 6. The normalized spacial score (nSPS) is 10.2. The van der Waals surface area contributed by atoms with Crippen molar-refractivity contribution >= 4 is 23.0 Å². The predicted octanol–water partition coefficient (Wildman–Crippen LogP) is 3.31. The predicted molar refractivity (Wildman–Crippen MR) is 81.2 cm³/mol. The number of hydrogen-bond acceptors (Lipinski definition) is 4. The van der Waals surface area contributed by atoms with E-state index in [-0.39, 0.29) is 24.3 Å². The molecule has 23 heavy (non-hydrogen) atoms. The molecule has 2 rings (SSSR count). The van der Waals surface area contributed by atoms with Gasteiger partial charge in [0.15, 0.2) is 0 Å². The number of benzene rings is 2. The minimum atomic E-state index is -0.870. The number of nitrogens with one attached hydrogen (secondary N) is 2. The average Bonchev–Trinajstić information content (AvgIpc) is 2.51. The summed E-state index contributed by atoms with van der Waals surface area (Å²) in [5.41, 5.74) is -0.362. The molecule has 2 aromatic carbocycles. The van der Waals surface area contributed by atoms with Gasteiger partial charge in [-0.05, 0) is 18.2 Å². The Kier molecular flexibility index (Phi) is 5.19. The summed E-state index contributed by atoms with van der Waals surface area (Å²) in [5, 5.41) is 15.7. The van der Waals surface area contributed by atoms with Crippen molar-refractivity contribution in [3.05, 3.63) is 64.2 Å². The van der Waals surface area contributed by atoms with Gasteiger partial charge in [-0.3, -0.25) is 14.9 Å². The number of nitro groups is 1. The van der Waals surface area contributed by atoms with Crippen LogP contribution in [0.25, 0.3) is 0 Å². The van der Waals surface area contributed by atoms with Gasteiger partial charge in [0.2, 0.25) is 5.91 Å². The summed E-state index contributed by atoms with van der Waals surface area (Å²) >= 11 is 0. The third-order valence-electron chi connectivity index (χ3n) is 3.00. The zero-order valence-corrected chi connectivity index (χ0v) is 11.9. The fourth-order valence-corrected chi connectivity index (χ4v) is 1.91. The second kappa shape index (κ2) is 7.30. The first-order valence-electron chi connectivity index (χ1n) is 6.70. The number of carbonyl (C=O) groups is 1. The Labute approximate surface area is 130 Å². The highest BCUT2D eigenvalue weighted by Crippen LogP contribution is 2.23. The van der Waals surface area contributed by atoms with Gasteiger partial charge in [0.1, 0.15) is 23.0 Å². The molecular weight excluding hydrogens is 308 g/mol. The number of amides is 1. The van der Waals surface area contributed by atoms with E-state index in [1.54, 1.807) is 6.07 Å². The van der Waals surface area contributed by atoms with Gasteiger partial charge < -0.3 is 10.6 Å². The van der Waals surface area contributed by atoms with Crippen LogP contribution in [0.1, 0.15) is 6.42 Å². The zero-order valence-electron chi connectivity index (χ0n) is 11.9. The van der Waals surface area contributed by atoms with Gasteiger partial charge in [0.25, 0.3) is 5.69 Å². The maximum Gasteiger partial charge on any atom is 0.292 e. The molecule has 2 aromatic rings. The van der Waals surface area contributed by atoms with Gasteiger partial charge in [0.05, 0.1) is 4.92 Å². The standard InChI is InChI=1S/C15H13F2N3O3/c16-10-4-3-5-11(17)15(10)19-14(21)8-9-18-12-6-1-2-7-13(12)20(22)23/h1-7,18H,8-9H2,(H,19,21). The molecule has 0 atom stereocenters. The third-order valence-corrected chi connectivity index (χ3v) is 3.00. The summed E-state index contributed by atoms with van der Waals surface area (Å²) < 4.78 is 26.8. The van der Waals surface area contributed by atoms with E-state index in [9.17, 15) is 23.7 Å². The van der Waals surface area contributed by atoms with Crippen LogP contribution >= 0.6 is 0 Å². The third kappa shape index (κ3) is 4.22. The highest BCUT2D eigenvalue weighted by Gasteiger charge is 2.14. The van der Waals surface area contributed by atoms with Crippen molar-refractivity contribution < 1.29 is 18.5 Å². The molecule has 0 aliphatic carbocycles. The number of anilines is 2.